The molecule has 4 aromatic rings. The molecule has 0 atom stereocenters. The van der Waals surface area contributed by atoms with Crippen LogP contribution < -0.4 is 10.2 Å². The number of nitrogens with zero attached hydrogens (tertiary/aromatic N) is 6. The minimum atomic E-state index is 0.0331. The number of nitrogens with one attached hydrogen (secondary N) is 1. The summed E-state index contributed by atoms with van der Waals surface area (Å²) in [6.45, 7) is 6.90. The molecule has 1 N–H and O–H groups in total. The molecule has 0 bridgehead atoms. The zero-order valence-electron chi connectivity index (χ0n) is 17.3. The molecular weight excluding hydrogens is 378 g/mol. The van der Waals surface area contributed by atoms with Gasteiger partial charge in [-0.15, -0.1) is 0 Å². The van der Waals surface area contributed by atoms with E-state index in [1.807, 2.05) is 47.7 Å². The summed E-state index contributed by atoms with van der Waals surface area (Å²) in [6, 6.07) is 8.17. The molecule has 4 heterocycles. The van der Waals surface area contributed by atoms with Crippen molar-refractivity contribution in [2.24, 2.45) is 0 Å². The van der Waals surface area contributed by atoms with E-state index in [1.54, 1.807) is 6.92 Å². The van der Waals surface area contributed by atoms with Gasteiger partial charge in [0.05, 0.1) is 28.3 Å². The molecule has 0 radical (unpaired) electrons. The van der Waals surface area contributed by atoms with Crippen LogP contribution >= 0.6 is 0 Å². The largest absolute Gasteiger partial charge is 0.381 e. The fourth-order valence-corrected chi connectivity index (χ4v) is 3.98. The SMILES string of the molecule is CC(=O)N1CCNc2ccc3ccc(CCc4nc5c(C)ncc(C)n5n4)nc3c21. The Bertz CT molecular complexity index is 1250. The Morgan fingerprint density at radius 2 is 1.97 bits per heavy atom. The predicted molar refractivity (Wildman–Crippen MR) is 116 cm³/mol. The van der Waals surface area contributed by atoms with E-state index in [4.69, 9.17) is 4.98 Å². The fraction of sp³-hybridized carbons (Fsp3) is 0.318. The zero-order valence-corrected chi connectivity index (χ0v) is 17.3. The topological polar surface area (TPSA) is 88.3 Å². The van der Waals surface area contributed by atoms with Crippen molar-refractivity contribution in [2.45, 2.75) is 33.6 Å². The first kappa shape index (κ1) is 18.5. The molecule has 3 aromatic heterocycles. The Kier molecular flexibility index (Phi) is 4.34. The van der Waals surface area contributed by atoms with Gasteiger partial charge in [-0.05, 0) is 32.4 Å². The number of pyridine rings is 1. The molecule has 152 valence electrons. The number of amides is 1. The lowest BCUT2D eigenvalue weighted by molar-refractivity contribution is -0.116. The highest BCUT2D eigenvalue weighted by molar-refractivity contribution is 6.07. The number of fused-ring (bicyclic) bond motifs is 4. The van der Waals surface area contributed by atoms with Crippen LogP contribution in [-0.4, -0.2) is 43.6 Å². The van der Waals surface area contributed by atoms with Crippen LogP contribution in [0.3, 0.4) is 0 Å². The van der Waals surface area contributed by atoms with Crippen LogP contribution in [0.5, 0.6) is 0 Å². The first-order chi connectivity index (χ1) is 14.5. The van der Waals surface area contributed by atoms with Gasteiger partial charge < -0.3 is 10.2 Å². The van der Waals surface area contributed by atoms with E-state index in [-0.39, 0.29) is 5.91 Å². The molecule has 0 saturated heterocycles. The lowest BCUT2D eigenvalue weighted by Crippen LogP contribution is -2.37. The standard InChI is InChI=1S/C22H23N7O/c1-13-12-24-14(2)22-26-19(27-29(13)22)9-7-17-6-4-16-5-8-18-21(20(16)25-17)28(15(3)30)11-10-23-18/h4-6,8,12,23H,7,9-11H2,1-3H3. The van der Waals surface area contributed by atoms with E-state index < -0.39 is 0 Å². The first-order valence-corrected chi connectivity index (χ1v) is 10.1. The Morgan fingerprint density at radius 3 is 2.77 bits per heavy atom. The van der Waals surface area contributed by atoms with E-state index >= 15 is 0 Å². The smallest absolute Gasteiger partial charge is 0.224 e. The summed E-state index contributed by atoms with van der Waals surface area (Å²) in [7, 11) is 0. The highest BCUT2D eigenvalue weighted by Gasteiger charge is 2.23. The molecule has 8 nitrogen and oxygen atoms in total. The molecule has 1 amide bonds. The van der Waals surface area contributed by atoms with Crippen LogP contribution in [0.15, 0.2) is 30.5 Å². The Morgan fingerprint density at radius 1 is 1.13 bits per heavy atom. The molecule has 0 fully saturated rings. The third-order valence-corrected chi connectivity index (χ3v) is 5.55. The summed E-state index contributed by atoms with van der Waals surface area (Å²) in [5.41, 5.74) is 6.26. The molecule has 0 saturated carbocycles. The van der Waals surface area contributed by atoms with Crippen molar-refractivity contribution in [1.82, 2.24) is 24.6 Å². The number of carbonyl (C=O) groups is 1. The van der Waals surface area contributed by atoms with E-state index in [1.165, 1.54) is 0 Å². The minimum absolute atomic E-state index is 0.0331. The van der Waals surface area contributed by atoms with E-state index in [0.29, 0.717) is 13.0 Å². The second-order valence-electron chi connectivity index (χ2n) is 7.68. The van der Waals surface area contributed by atoms with Crippen LogP contribution in [-0.2, 0) is 17.6 Å². The van der Waals surface area contributed by atoms with Crippen LogP contribution in [0.4, 0.5) is 11.4 Å². The van der Waals surface area contributed by atoms with Crippen molar-refractivity contribution in [2.75, 3.05) is 23.3 Å². The minimum Gasteiger partial charge on any atom is -0.381 e. The van der Waals surface area contributed by atoms with Gasteiger partial charge in [0, 0.05) is 43.7 Å². The summed E-state index contributed by atoms with van der Waals surface area (Å²) < 4.78 is 1.85. The second-order valence-corrected chi connectivity index (χ2v) is 7.68. The molecule has 0 aliphatic carbocycles. The van der Waals surface area contributed by atoms with Crippen molar-refractivity contribution in [3.05, 3.63) is 53.4 Å². The van der Waals surface area contributed by atoms with Gasteiger partial charge in [0.15, 0.2) is 11.5 Å². The van der Waals surface area contributed by atoms with Gasteiger partial charge in [0.2, 0.25) is 5.91 Å². The highest BCUT2D eigenvalue weighted by Crippen LogP contribution is 2.36. The average Bonchev–Trinajstić information content (AvgIpc) is 3.20. The number of rotatable bonds is 3. The predicted octanol–water partition coefficient (Wildman–Crippen LogP) is 2.85. The van der Waals surface area contributed by atoms with Crippen molar-refractivity contribution < 1.29 is 4.79 Å². The van der Waals surface area contributed by atoms with Gasteiger partial charge in [-0.3, -0.25) is 14.8 Å². The number of aromatic nitrogens is 5. The summed E-state index contributed by atoms with van der Waals surface area (Å²) in [4.78, 5) is 27.9. The maximum Gasteiger partial charge on any atom is 0.224 e. The third-order valence-electron chi connectivity index (χ3n) is 5.55. The van der Waals surface area contributed by atoms with Gasteiger partial charge in [-0.25, -0.2) is 9.50 Å². The second kappa shape index (κ2) is 7.05. The molecule has 0 unspecified atom stereocenters. The maximum atomic E-state index is 12.2. The highest BCUT2D eigenvalue weighted by atomic mass is 16.2. The lowest BCUT2D eigenvalue weighted by Gasteiger charge is -2.30. The number of hydrogen-bond donors (Lipinski definition) is 1. The zero-order chi connectivity index (χ0) is 20.8. The maximum absolute atomic E-state index is 12.2. The number of hydrogen-bond acceptors (Lipinski definition) is 6. The first-order valence-electron chi connectivity index (χ1n) is 10.1. The summed E-state index contributed by atoms with van der Waals surface area (Å²) >= 11 is 0. The lowest BCUT2D eigenvalue weighted by atomic mass is 10.1. The fourth-order valence-electron chi connectivity index (χ4n) is 3.98. The van der Waals surface area contributed by atoms with Crippen LogP contribution in [0, 0.1) is 13.8 Å². The summed E-state index contributed by atoms with van der Waals surface area (Å²) in [5.74, 6) is 0.809. The quantitative estimate of drug-likeness (QED) is 0.568. The molecule has 1 aromatic carbocycles. The summed E-state index contributed by atoms with van der Waals surface area (Å²) in [6.07, 6.45) is 3.21. The number of benzene rings is 1. The summed E-state index contributed by atoms with van der Waals surface area (Å²) in [5, 5.41) is 9.03. The average molecular weight is 401 g/mol. The Labute approximate surface area is 174 Å². The molecule has 1 aliphatic heterocycles. The normalized spacial score (nSPS) is 13.5. The van der Waals surface area contributed by atoms with Crippen molar-refractivity contribution >= 4 is 33.8 Å². The van der Waals surface area contributed by atoms with Crippen molar-refractivity contribution in [1.29, 1.82) is 0 Å². The van der Waals surface area contributed by atoms with Gasteiger partial charge in [0.25, 0.3) is 0 Å². The van der Waals surface area contributed by atoms with Gasteiger partial charge in [-0.2, -0.15) is 5.10 Å². The van der Waals surface area contributed by atoms with Gasteiger partial charge in [-0.1, -0.05) is 12.1 Å². The molecule has 0 spiro atoms. The van der Waals surface area contributed by atoms with Crippen LogP contribution in [0.1, 0.15) is 29.8 Å². The van der Waals surface area contributed by atoms with Crippen molar-refractivity contribution in [3.63, 3.8) is 0 Å². The molecule has 5 rings (SSSR count). The number of carbonyl (C=O) groups excluding carboxylic acids is 1. The molecule has 1 aliphatic rings. The van der Waals surface area contributed by atoms with Gasteiger partial charge in [0.1, 0.15) is 0 Å². The van der Waals surface area contributed by atoms with Crippen molar-refractivity contribution in [3.8, 4) is 0 Å². The van der Waals surface area contributed by atoms with Gasteiger partial charge >= 0.3 is 0 Å². The van der Waals surface area contributed by atoms with E-state index in [9.17, 15) is 4.79 Å². The Balaban J connectivity index is 1.48. The Hall–Kier alpha value is -3.55. The van der Waals surface area contributed by atoms with E-state index in [0.717, 1.165) is 63.8 Å². The number of anilines is 2. The van der Waals surface area contributed by atoms with Crippen LogP contribution in [0.2, 0.25) is 0 Å². The molecular formula is C22H23N7O. The van der Waals surface area contributed by atoms with Crippen LogP contribution in [0.25, 0.3) is 16.6 Å². The molecule has 8 heteroatoms. The third kappa shape index (κ3) is 3.04. The molecule has 30 heavy (non-hydrogen) atoms. The number of aryl methyl sites for hydroxylation is 4. The monoisotopic (exact) mass is 401 g/mol. The van der Waals surface area contributed by atoms with E-state index in [2.05, 4.69) is 26.4 Å².